The Kier molecular flexibility index (Phi) is 8.80. The molecule has 1 N–H and O–H groups in total. The van der Waals surface area contributed by atoms with Crippen molar-refractivity contribution >= 4 is 35.0 Å². The van der Waals surface area contributed by atoms with Crippen LogP contribution < -0.4 is 10.1 Å². The Labute approximate surface area is 181 Å². The second-order valence-corrected chi connectivity index (χ2v) is 7.79. The summed E-state index contributed by atoms with van der Waals surface area (Å²) in [5, 5.41) is 4.02. The zero-order chi connectivity index (χ0) is 21.4. The molecule has 0 saturated heterocycles. The minimum Gasteiger partial charge on any atom is -0.484 e. The molecule has 29 heavy (non-hydrogen) atoms. The van der Waals surface area contributed by atoms with E-state index in [1.54, 1.807) is 30.3 Å². The van der Waals surface area contributed by atoms with Gasteiger partial charge >= 0.3 is 0 Å². The van der Waals surface area contributed by atoms with Crippen LogP contribution in [0.15, 0.2) is 48.5 Å². The summed E-state index contributed by atoms with van der Waals surface area (Å²) in [7, 11) is 0. The maximum absolute atomic E-state index is 13.0. The van der Waals surface area contributed by atoms with E-state index < -0.39 is 6.04 Å². The third-order valence-electron chi connectivity index (χ3n) is 4.29. The maximum Gasteiger partial charge on any atom is 0.261 e. The smallest absolute Gasteiger partial charge is 0.261 e. The standard InChI is InChI=1S/C22H26Cl2N2O3/c1-4-20(22(28)25-15(2)3)26(13-16-7-5-6-8-19(16)24)21(27)14-29-18-11-9-17(23)10-12-18/h5-12,15,20H,4,13-14H2,1-3H3,(H,25,28)/t20-/m0/s1. The first-order chi connectivity index (χ1) is 13.8. The minimum absolute atomic E-state index is 0.0286. The lowest BCUT2D eigenvalue weighted by Crippen LogP contribution is -2.51. The molecular formula is C22H26Cl2N2O3. The fourth-order valence-corrected chi connectivity index (χ4v) is 3.19. The van der Waals surface area contributed by atoms with Crippen LogP contribution >= 0.6 is 23.2 Å². The van der Waals surface area contributed by atoms with Crippen LogP contribution in [0.2, 0.25) is 10.0 Å². The van der Waals surface area contributed by atoms with Crippen LogP contribution in [0.4, 0.5) is 0 Å². The third-order valence-corrected chi connectivity index (χ3v) is 4.91. The molecule has 7 heteroatoms. The molecule has 0 saturated carbocycles. The average Bonchev–Trinajstić information content (AvgIpc) is 2.68. The Hall–Kier alpha value is -2.24. The highest BCUT2D eigenvalue weighted by atomic mass is 35.5. The number of rotatable bonds is 9. The van der Waals surface area contributed by atoms with Gasteiger partial charge in [0.25, 0.3) is 5.91 Å². The number of halogens is 2. The Morgan fingerprint density at radius 1 is 1.07 bits per heavy atom. The van der Waals surface area contributed by atoms with Crippen molar-refractivity contribution in [1.29, 1.82) is 0 Å². The van der Waals surface area contributed by atoms with Crippen LogP contribution in [0, 0.1) is 0 Å². The summed E-state index contributed by atoms with van der Waals surface area (Å²) in [6.07, 6.45) is 0.468. The van der Waals surface area contributed by atoms with E-state index in [4.69, 9.17) is 27.9 Å². The molecule has 2 rings (SSSR count). The van der Waals surface area contributed by atoms with Gasteiger partial charge in [-0.05, 0) is 56.2 Å². The predicted octanol–water partition coefficient (Wildman–Crippen LogP) is 4.70. The molecule has 0 aliphatic carbocycles. The van der Waals surface area contributed by atoms with Crippen LogP contribution in [-0.2, 0) is 16.1 Å². The number of nitrogens with zero attached hydrogens (tertiary/aromatic N) is 1. The molecule has 0 aliphatic heterocycles. The minimum atomic E-state index is -0.630. The first-order valence-corrected chi connectivity index (χ1v) is 10.3. The fourth-order valence-electron chi connectivity index (χ4n) is 2.87. The zero-order valence-electron chi connectivity index (χ0n) is 16.8. The molecule has 1 atom stereocenters. The van der Waals surface area contributed by atoms with Crippen molar-refractivity contribution in [3.8, 4) is 5.75 Å². The van der Waals surface area contributed by atoms with E-state index in [1.807, 2.05) is 39.0 Å². The van der Waals surface area contributed by atoms with Gasteiger partial charge in [0.15, 0.2) is 6.61 Å². The van der Waals surface area contributed by atoms with E-state index in [9.17, 15) is 9.59 Å². The van der Waals surface area contributed by atoms with Gasteiger partial charge in [-0.15, -0.1) is 0 Å². The second-order valence-electron chi connectivity index (χ2n) is 6.94. The van der Waals surface area contributed by atoms with Crippen molar-refractivity contribution in [3.63, 3.8) is 0 Å². The topological polar surface area (TPSA) is 58.6 Å². The Balaban J connectivity index is 2.21. The lowest BCUT2D eigenvalue weighted by molar-refractivity contribution is -0.143. The number of amides is 2. The maximum atomic E-state index is 13.0. The highest BCUT2D eigenvalue weighted by Crippen LogP contribution is 2.20. The number of hydrogen-bond acceptors (Lipinski definition) is 3. The summed E-state index contributed by atoms with van der Waals surface area (Å²) >= 11 is 12.2. The number of carbonyl (C=O) groups excluding carboxylic acids is 2. The molecule has 0 aromatic heterocycles. The SMILES string of the molecule is CC[C@@H](C(=O)NC(C)C)N(Cc1ccccc1Cl)C(=O)COc1ccc(Cl)cc1. The van der Waals surface area contributed by atoms with Gasteiger partial charge < -0.3 is 15.0 Å². The van der Waals surface area contributed by atoms with Gasteiger partial charge in [-0.1, -0.05) is 48.3 Å². The van der Waals surface area contributed by atoms with E-state index in [0.717, 1.165) is 5.56 Å². The fraction of sp³-hybridized carbons (Fsp3) is 0.364. The Morgan fingerprint density at radius 2 is 1.72 bits per heavy atom. The highest BCUT2D eigenvalue weighted by Gasteiger charge is 2.29. The third kappa shape index (κ3) is 6.94. The monoisotopic (exact) mass is 436 g/mol. The lowest BCUT2D eigenvalue weighted by Gasteiger charge is -2.31. The lowest BCUT2D eigenvalue weighted by atomic mass is 10.1. The molecule has 0 radical (unpaired) electrons. The zero-order valence-corrected chi connectivity index (χ0v) is 18.3. The quantitative estimate of drug-likeness (QED) is 0.619. The molecule has 0 heterocycles. The normalized spacial score (nSPS) is 11.8. The number of ether oxygens (including phenoxy) is 1. The van der Waals surface area contributed by atoms with Crippen molar-refractivity contribution in [2.24, 2.45) is 0 Å². The first-order valence-electron chi connectivity index (χ1n) is 9.53. The number of hydrogen-bond donors (Lipinski definition) is 1. The largest absolute Gasteiger partial charge is 0.484 e. The van der Waals surface area contributed by atoms with Crippen molar-refractivity contribution in [3.05, 3.63) is 64.1 Å². The average molecular weight is 437 g/mol. The van der Waals surface area contributed by atoms with Crippen LogP contribution in [0.25, 0.3) is 0 Å². The molecule has 2 aromatic carbocycles. The van der Waals surface area contributed by atoms with Crippen LogP contribution in [0.1, 0.15) is 32.8 Å². The van der Waals surface area contributed by atoms with Gasteiger partial charge in [-0.3, -0.25) is 9.59 Å². The highest BCUT2D eigenvalue weighted by molar-refractivity contribution is 6.31. The van der Waals surface area contributed by atoms with E-state index in [-0.39, 0.29) is 31.0 Å². The molecule has 0 unspecified atom stereocenters. The molecule has 0 bridgehead atoms. The molecule has 5 nitrogen and oxygen atoms in total. The number of nitrogens with one attached hydrogen (secondary N) is 1. The summed E-state index contributed by atoms with van der Waals surface area (Å²) in [5.74, 6) is 0.0279. The van der Waals surface area contributed by atoms with Gasteiger partial charge in [0.05, 0.1) is 0 Å². The first kappa shape index (κ1) is 23.0. The van der Waals surface area contributed by atoms with Crippen molar-refractivity contribution < 1.29 is 14.3 Å². The van der Waals surface area contributed by atoms with Crippen LogP contribution in [0.5, 0.6) is 5.75 Å². The number of carbonyl (C=O) groups is 2. The van der Waals surface area contributed by atoms with E-state index in [1.165, 1.54) is 4.90 Å². The van der Waals surface area contributed by atoms with E-state index >= 15 is 0 Å². The predicted molar refractivity (Wildman–Crippen MR) is 116 cm³/mol. The molecule has 2 aromatic rings. The molecule has 0 aliphatic rings. The summed E-state index contributed by atoms with van der Waals surface area (Å²) < 4.78 is 5.61. The van der Waals surface area contributed by atoms with E-state index in [2.05, 4.69) is 5.32 Å². The van der Waals surface area contributed by atoms with Gasteiger partial charge in [-0.25, -0.2) is 0 Å². The van der Waals surface area contributed by atoms with Crippen molar-refractivity contribution in [2.45, 2.75) is 45.8 Å². The number of benzene rings is 2. The van der Waals surface area contributed by atoms with Crippen molar-refractivity contribution in [1.82, 2.24) is 10.2 Å². The summed E-state index contributed by atoms with van der Waals surface area (Å²) in [4.78, 5) is 27.3. The van der Waals surface area contributed by atoms with Gasteiger partial charge in [0.1, 0.15) is 11.8 Å². The molecule has 0 fully saturated rings. The van der Waals surface area contributed by atoms with Crippen molar-refractivity contribution in [2.75, 3.05) is 6.61 Å². The second kappa shape index (κ2) is 11.1. The Morgan fingerprint density at radius 3 is 2.31 bits per heavy atom. The molecule has 156 valence electrons. The summed E-state index contributed by atoms with van der Waals surface area (Å²) in [6, 6.07) is 13.4. The van der Waals surface area contributed by atoms with E-state index in [0.29, 0.717) is 22.2 Å². The molecule has 2 amide bonds. The summed E-state index contributed by atoms with van der Waals surface area (Å²) in [6.45, 7) is 5.66. The molecule has 0 spiro atoms. The van der Waals surface area contributed by atoms with Gasteiger partial charge in [0, 0.05) is 22.6 Å². The van der Waals surface area contributed by atoms with Gasteiger partial charge in [0.2, 0.25) is 5.91 Å². The van der Waals surface area contributed by atoms with Crippen LogP contribution in [-0.4, -0.2) is 35.4 Å². The van der Waals surface area contributed by atoms with Gasteiger partial charge in [-0.2, -0.15) is 0 Å². The Bertz CT molecular complexity index is 825. The summed E-state index contributed by atoms with van der Waals surface area (Å²) in [5.41, 5.74) is 0.768. The van der Waals surface area contributed by atoms with Crippen LogP contribution in [0.3, 0.4) is 0 Å². The molecular weight excluding hydrogens is 411 g/mol.